The molecule has 98 valence electrons. The molecular formula is C11H7ClN2O5. The molecule has 0 aliphatic rings. The van der Waals surface area contributed by atoms with E-state index in [1.165, 1.54) is 31.4 Å². The molecule has 1 aromatic carbocycles. The summed E-state index contributed by atoms with van der Waals surface area (Å²) in [6.45, 7) is 0. The number of hydrogen-bond acceptors (Lipinski definition) is 6. The molecule has 0 saturated heterocycles. The van der Waals surface area contributed by atoms with Gasteiger partial charge in [0.15, 0.2) is 0 Å². The Morgan fingerprint density at radius 3 is 2.79 bits per heavy atom. The number of esters is 1. The number of aromatic nitrogens is 1. The van der Waals surface area contributed by atoms with E-state index in [0.717, 1.165) is 0 Å². The van der Waals surface area contributed by atoms with Gasteiger partial charge in [-0.1, -0.05) is 16.8 Å². The number of methoxy groups -OCH3 is 1. The van der Waals surface area contributed by atoms with Gasteiger partial charge in [-0.15, -0.1) is 0 Å². The van der Waals surface area contributed by atoms with Crippen LogP contribution in [0, 0.1) is 10.1 Å². The van der Waals surface area contributed by atoms with Crippen LogP contribution in [0.4, 0.5) is 5.69 Å². The fourth-order valence-electron chi connectivity index (χ4n) is 1.42. The van der Waals surface area contributed by atoms with Crippen LogP contribution in [0.5, 0.6) is 0 Å². The summed E-state index contributed by atoms with van der Waals surface area (Å²) >= 11 is 5.93. The summed E-state index contributed by atoms with van der Waals surface area (Å²) in [6, 6.07) is 5.26. The number of carbonyl (C=O) groups is 1. The smallest absolute Gasteiger partial charge is 0.376 e. The van der Waals surface area contributed by atoms with Gasteiger partial charge in [0.2, 0.25) is 5.76 Å². The van der Waals surface area contributed by atoms with Crippen molar-refractivity contribution in [2.45, 2.75) is 0 Å². The van der Waals surface area contributed by atoms with Crippen molar-refractivity contribution >= 4 is 23.3 Å². The number of rotatable bonds is 3. The standard InChI is InChI=1S/C11H7ClN2O5/c1-18-11(15)10-5-9(13-19-10)7-3-2-6(14(16)17)4-8(7)12/h2-5H,1H3. The van der Waals surface area contributed by atoms with E-state index in [-0.39, 0.29) is 16.5 Å². The number of halogens is 1. The van der Waals surface area contributed by atoms with Crippen molar-refractivity contribution < 1.29 is 19.0 Å². The van der Waals surface area contributed by atoms with Gasteiger partial charge in [0.1, 0.15) is 5.69 Å². The van der Waals surface area contributed by atoms with Crippen LogP contribution in [0.2, 0.25) is 5.02 Å². The predicted molar refractivity (Wildman–Crippen MR) is 64.9 cm³/mol. The fourth-order valence-corrected chi connectivity index (χ4v) is 1.70. The zero-order valence-electron chi connectivity index (χ0n) is 9.62. The van der Waals surface area contributed by atoms with Crippen molar-refractivity contribution in [3.05, 3.63) is 45.2 Å². The van der Waals surface area contributed by atoms with Crippen molar-refractivity contribution in [1.82, 2.24) is 5.16 Å². The molecule has 0 fully saturated rings. The Morgan fingerprint density at radius 1 is 1.47 bits per heavy atom. The molecule has 0 amide bonds. The highest BCUT2D eigenvalue weighted by molar-refractivity contribution is 6.33. The minimum absolute atomic E-state index is 0.0769. The Hall–Kier alpha value is -2.41. The van der Waals surface area contributed by atoms with Crippen molar-refractivity contribution in [1.29, 1.82) is 0 Å². The van der Waals surface area contributed by atoms with Gasteiger partial charge in [-0.2, -0.15) is 0 Å². The minimum Gasteiger partial charge on any atom is -0.463 e. The summed E-state index contributed by atoms with van der Waals surface area (Å²) in [5, 5.41) is 14.4. The maximum absolute atomic E-state index is 11.2. The fraction of sp³-hybridized carbons (Fsp3) is 0.0909. The zero-order valence-corrected chi connectivity index (χ0v) is 10.4. The monoisotopic (exact) mass is 282 g/mol. The minimum atomic E-state index is -0.670. The molecule has 2 rings (SSSR count). The molecule has 0 N–H and O–H groups in total. The lowest BCUT2D eigenvalue weighted by molar-refractivity contribution is -0.384. The molecule has 19 heavy (non-hydrogen) atoms. The molecule has 0 unspecified atom stereocenters. The largest absolute Gasteiger partial charge is 0.463 e. The average Bonchev–Trinajstić information content (AvgIpc) is 2.87. The first-order valence-electron chi connectivity index (χ1n) is 5.02. The van der Waals surface area contributed by atoms with E-state index in [9.17, 15) is 14.9 Å². The third-order valence-electron chi connectivity index (χ3n) is 2.34. The van der Waals surface area contributed by atoms with Gasteiger partial charge in [0.05, 0.1) is 17.1 Å². The van der Waals surface area contributed by atoms with Gasteiger partial charge in [-0.3, -0.25) is 10.1 Å². The summed E-state index contributed by atoms with van der Waals surface area (Å²) in [5.74, 6) is -0.747. The van der Waals surface area contributed by atoms with Gasteiger partial charge in [0.25, 0.3) is 5.69 Å². The molecule has 1 heterocycles. The van der Waals surface area contributed by atoms with Crippen molar-refractivity contribution in [2.24, 2.45) is 0 Å². The van der Waals surface area contributed by atoms with Crippen LogP contribution < -0.4 is 0 Å². The Bertz CT molecular complexity index is 652. The summed E-state index contributed by atoms with van der Waals surface area (Å²) in [7, 11) is 1.21. The SMILES string of the molecule is COC(=O)c1cc(-c2ccc([N+](=O)[O-])cc2Cl)no1. The third-order valence-corrected chi connectivity index (χ3v) is 2.65. The first-order valence-corrected chi connectivity index (χ1v) is 5.40. The average molecular weight is 283 g/mol. The van der Waals surface area contributed by atoms with Crippen LogP contribution in [0.25, 0.3) is 11.3 Å². The summed E-state index contributed by atoms with van der Waals surface area (Å²) in [5.41, 5.74) is 0.580. The lowest BCUT2D eigenvalue weighted by atomic mass is 10.1. The number of ether oxygens (including phenoxy) is 1. The predicted octanol–water partition coefficient (Wildman–Crippen LogP) is 2.69. The highest BCUT2D eigenvalue weighted by atomic mass is 35.5. The van der Waals surface area contributed by atoms with Crippen LogP contribution in [-0.2, 0) is 4.74 Å². The number of nitro groups is 1. The lowest BCUT2D eigenvalue weighted by Crippen LogP contribution is -1.98. The van der Waals surface area contributed by atoms with Gasteiger partial charge in [0, 0.05) is 23.8 Å². The van der Waals surface area contributed by atoms with Gasteiger partial charge < -0.3 is 9.26 Å². The molecular weight excluding hydrogens is 276 g/mol. The summed E-state index contributed by atoms with van der Waals surface area (Å²) < 4.78 is 9.26. The quantitative estimate of drug-likeness (QED) is 0.488. The normalized spacial score (nSPS) is 10.2. The lowest BCUT2D eigenvalue weighted by Gasteiger charge is -1.99. The van der Waals surface area contributed by atoms with Gasteiger partial charge in [-0.05, 0) is 6.07 Å². The van der Waals surface area contributed by atoms with Crippen molar-refractivity contribution in [3.63, 3.8) is 0 Å². The van der Waals surface area contributed by atoms with Crippen molar-refractivity contribution in [3.8, 4) is 11.3 Å². The van der Waals surface area contributed by atoms with E-state index in [2.05, 4.69) is 9.89 Å². The number of carbonyl (C=O) groups excluding carboxylic acids is 1. The molecule has 0 bridgehead atoms. The molecule has 0 aliphatic carbocycles. The number of non-ortho nitro benzene ring substituents is 1. The second-order valence-corrected chi connectivity index (χ2v) is 3.90. The number of nitro benzene ring substituents is 1. The molecule has 7 nitrogen and oxygen atoms in total. The van der Waals surface area contributed by atoms with E-state index in [4.69, 9.17) is 16.1 Å². The Morgan fingerprint density at radius 2 is 2.21 bits per heavy atom. The van der Waals surface area contributed by atoms with Crippen LogP contribution in [-0.4, -0.2) is 23.2 Å². The molecule has 0 spiro atoms. The Kier molecular flexibility index (Phi) is 3.48. The molecule has 8 heteroatoms. The highest BCUT2D eigenvalue weighted by Crippen LogP contribution is 2.30. The van der Waals surface area contributed by atoms with Crippen LogP contribution in [0.3, 0.4) is 0 Å². The molecule has 0 saturated carbocycles. The Balaban J connectivity index is 2.39. The van der Waals surface area contributed by atoms with E-state index in [0.29, 0.717) is 11.3 Å². The molecule has 1 aromatic heterocycles. The summed E-state index contributed by atoms with van der Waals surface area (Å²) in [6.07, 6.45) is 0. The number of benzene rings is 1. The third kappa shape index (κ3) is 2.55. The second kappa shape index (κ2) is 5.07. The van der Waals surface area contributed by atoms with Crippen LogP contribution in [0.15, 0.2) is 28.8 Å². The van der Waals surface area contributed by atoms with E-state index in [1.807, 2.05) is 0 Å². The highest BCUT2D eigenvalue weighted by Gasteiger charge is 2.17. The maximum Gasteiger partial charge on any atom is 0.376 e. The topological polar surface area (TPSA) is 95.5 Å². The molecule has 0 aliphatic heterocycles. The van der Waals surface area contributed by atoms with E-state index in [1.54, 1.807) is 0 Å². The van der Waals surface area contributed by atoms with Crippen LogP contribution >= 0.6 is 11.6 Å². The van der Waals surface area contributed by atoms with E-state index < -0.39 is 10.9 Å². The second-order valence-electron chi connectivity index (χ2n) is 3.49. The zero-order chi connectivity index (χ0) is 14.0. The van der Waals surface area contributed by atoms with Gasteiger partial charge in [-0.25, -0.2) is 4.79 Å². The first-order chi connectivity index (χ1) is 9.02. The number of hydrogen-bond donors (Lipinski definition) is 0. The Labute approximate surface area is 111 Å². The number of nitrogens with zero attached hydrogens (tertiary/aromatic N) is 2. The van der Waals surface area contributed by atoms with Crippen LogP contribution in [0.1, 0.15) is 10.6 Å². The van der Waals surface area contributed by atoms with E-state index >= 15 is 0 Å². The van der Waals surface area contributed by atoms with Crippen molar-refractivity contribution in [2.75, 3.05) is 7.11 Å². The maximum atomic E-state index is 11.2. The van der Waals surface area contributed by atoms with Gasteiger partial charge >= 0.3 is 5.97 Å². The molecule has 0 atom stereocenters. The molecule has 2 aromatic rings. The molecule has 0 radical (unpaired) electrons. The summed E-state index contributed by atoms with van der Waals surface area (Å²) in [4.78, 5) is 21.2. The first kappa shape index (κ1) is 13.0.